The molecule has 8 unspecified atom stereocenters. The van der Waals surface area contributed by atoms with Crippen molar-refractivity contribution in [3.8, 4) is 0 Å². The maximum Gasteiger partial charge on any atom is 0.334 e. The highest BCUT2D eigenvalue weighted by Crippen LogP contribution is 2.72. The van der Waals surface area contributed by atoms with E-state index in [9.17, 15) is 14.7 Å². The van der Waals surface area contributed by atoms with Crippen LogP contribution in [0.15, 0.2) is 11.6 Å². The number of rotatable bonds is 2. The molecule has 30 heavy (non-hydrogen) atoms. The first kappa shape index (κ1) is 22.0. The lowest BCUT2D eigenvalue weighted by molar-refractivity contribution is -0.231. The van der Waals surface area contributed by atoms with E-state index in [0.29, 0.717) is 22.8 Å². The molecule has 0 aromatic rings. The van der Waals surface area contributed by atoms with Crippen molar-refractivity contribution in [2.24, 2.45) is 45.3 Å². The van der Waals surface area contributed by atoms with E-state index >= 15 is 0 Å². The van der Waals surface area contributed by atoms with Gasteiger partial charge in [-0.3, -0.25) is 0 Å². The van der Waals surface area contributed by atoms with Gasteiger partial charge in [-0.25, -0.2) is 4.79 Å². The number of hydrogen-bond acceptors (Lipinski definition) is 4. The number of aldehydes is 1. The van der Waals surface area contributed by atoms with Crippen molar-refractivity contribution in [2.75, 3.05) is 7.11 Å². The molecule has 3 saturated carbocycles. The van der Waals surface area contributed by atoms with Crippen molar-refractivity contribution in [3.63, 3.8) is 0 Å². The lowest BCUT2D eigenvalue weighted by Crippen LogP contribution is -2.66. The second kappa shape index (κ2) is 6.92. The Morgan fingerprint density at radius 3 is 2.37 bits per heavy atom. The van der Waals surface area contributed by atoms with Gasteiger partial charge in [0.15, 0.2) is 0 Å². The molecular weight excluding hydrogens is 376 g/mol. The Labute approximate surface area is 181 Å². The van der Waals surface area contributed by atoms with Gasteiger partial charge in [-0.15, -0.1) is 0 Å². The Morgan fingerprint density at radius 1 is 1.07 bits per heavy atom. The fourth-order valence-corrected chi connectivity index (χ4v) is 9.26. The average Bonchev–Trinajstić information content (AvgIpc) is 2.68. The zero-order chi connectivity index (χ0) is 22.1. The standard InChI is InChI=1S/C26H40O4/c1-23(2)11-7-12-24(3)18(23)10-13-25(4)19-9-8-16(22(29)30-6)17(15-27)26(19,5)21(28)14-20(24)25/h8,15,17-21,28H,7,9-14H2,1-6H3. The van der Waals surface area contributed by atoms with Crippen molar-refractivity contribution in [3.05, 3.63) is 11.6 Å². The molecule has 4 heteroatoms. The number of carbonyl (C=O) groups is 2. The van der Waals surface area contributed by atoms with Crippen molar-refractivity contribution >= 4 is 12.3 Å². The van der Waals surface area contributed by atoms with Crippen LogP contribution in [0.2, 0.25) is 0 Å². The van der Waals surface area contributed by atoms with Crippen LogP contribution in [0.3, 0.4) is 0 Å². The van der Waals surface area contributed by atoms with Crippen molar-refractivity contribution in [1.29, 1.82) is 0 Å². The molecule has 0 aliphatic heterocycles. The quantitative estimate of drug-likeness (QED) is 0.511. The second-order valence-electron chi connectivity index (χ2n) is 12.2. The summed E-state index contributed by atoms with van der Waals surface area (Å²) >= 11 is 0. The molecule has 4 nitrogen and oxygen atoms in total. The third kappa shape index (κ3) is 2.68. The van der Waals surface area contributed by atoms with E-state index in [-0.39, 0.29) is 16.7 Å². The molecule has 1 N–H and O–H groups in total. The van der Waals surface area contributed by atoms with Crippen LogP contribution >= 0.6 is 0 Å². The lowest BCUT2D eigenvalue weighted by atomic mass is 9.35. The van der Waals surface area contributed by atoms with Crippen LogP contribution in [-0.4, -0.2) is 30.6 Å². The minimum Gasteiger partial charge on any atom is -0.466 e. The number of hydrogen-bond donors (Lipinski definition) is 1. The maximum absolute atomic E-state index is 12.4. The van der Waals surface area contributed by atoms with E-state index in [0.717, 1.165) is 25.5 Å². The first-order valence-electron chi connectivity index (χ1n) is 11.9. The minimum absolute atomic E-state index is 0.0616. The fraction of sp³-hybridized carbons (Fsp3) is 0.846. The molecule has 0 saturated heterocycles. The van der Waals surface area contributed by atoms with E-state index in [1.54, 1.807) is 0 Å². The van der Waals surface area contributed by atoms with E-state index < -0.39 is 23.4 Å². The number of methoxy groups -OCH3 is 1. The van der Waals surface area contributed by atoms with Crippen molar-refractivity contribution in [1.82, 2.24) is 0 Å². The highest BCUT2D eigenvalue weighted by Gasteiger charge is 2.68. The normalized spacial score (nSPS) is 49.7. The summed E-state index contributed by atoms with van der Waals surface area (Å²) in [6.07, 6.45) is 9.84. The van der Waals surface area contributed by atoms with Gasteiger partial charge >= 0.3 is 5.97 Å². The fourth-order valence-electron chi connectivity index (χ4n) is 9.26. The maximum atomic E-state index is 12.4. The monoisotopic (exact) mass is 416 g/mol. The number of aliphatic hydroxyl groups excluding tert-OH is 1. The van der Waals surface area contributed by atoms with E-state index in [4.69, 9.17) is 4.74 Å². The number of carbonyl (C=O) groups excluding carboxylic acids is 2. The Morgan fingerprint density at radius 2 is 1.73 bits per heavy atom. The van der Waals surface area contributed by atoms with Gasteiger partial charge in [-0.1, -0.05) is 47.1 Å². The number of aliphatic hydroxyl groups is 1. The van der Waals surface area contributed by atoms with Crippen LogP contribution in [0, 0.1) is 45.3 Å². The van der Waals surface area contributed by atoms with Gasteiger partial charge < -0.3 is 14.6 Å². The minimum atomic E-state index is -0.626. The number of fused-ring (bicyclic) bond motifs is 5. The molecule has 0 aromatic heterocycles. The first-order valence-corrected chi connectivity index (χ1v) is 11.9. The summed E-state index contributed by atoms with van der Waals surface area (Å²) in [5, 5.41) is 11.6. The number of ether oxygens (including phenoxy) is 1. The molecule has 0 bridgehead atoms. The molecule has 0 spiro atoms. The third-order valence-corrected chi connectivity index (χ3v) is 10.7. The molecule has 0 radical (unpaired) electrons. The van der Waals surface area contributed by atoms with Gasteiger partial charge in [0.2, 0.25) is 0 Å². The highest BCUT2D eigenvalue weighted by molar-refractivity contribution is 5.93. The molecule has 0 heterocycles. The van der Waals surface area contributed by atoms with Crippen LogP contribution in [-0.2, 0) is 14.3 Å². The third-order valence-electron chi connectivity index (χ3n) is 10.7. The molecule has 3 fully saturated rings. The summed E-state index contributed by atoms with van der Waals surface area (Å²) in [6, 6.07) is 0. The summed E-state index contributed by atoms with van der Waals surface area (Å²) in [5.41, 5.74) is 0.437. The Hall–Kier alpha value is -1.16. The van der Waals surface area contributed by atoms with Gasteiger partial charge in [0, 0.05) is 11.0 Å². The van der Waals surface area contributed by atoms with Gasteiger partial charge in [0.25, 0.3) is 0 Å². The smallest absolute Gasteiger partial charge is 0.334 e. The number of allylic oxidation sites excluding steroid dienone is 1. The largest absolute Gasteiger partial charge is 0.466 e. The predicted molar refractivity (Wildman–Crippen MR) is 117 cm³/mol. The summed E-state index contributed by atoms with van der Waals surface area (Å²) in [4.78, 5) is 24.7. The molecule has 4 rings (SSSR count). The average molecular weight is 417 g/mol. The van der Waals surface area contributed by atoms with Gasteiger partial charge in [-0.05, 0) is 72.5 Å². The molecule has 0 amide bonds. The number of esters is 1. The SMILES string of the molecule is COC(=O)C1=CCC2C3(C)CCC4C(C)(C)CCCC4(C)C3CC(O)C2(C)C1C=O. The molecular formula is C26H40O4. The predicted octanol–water partition coefficient (Wildman–Crippen LogP) is 4.94. The Balaban J connectivity index is 1.80. The van der Waals surface area contributed by atoms with E-state index in [2.05, 4.69) is 34.6 Å². The Kier molecular flexibility index (Phi) is 5.08. The van der Waals surface area contributed by atoms with Crippen molar-refractivity contribution in [2.45, 2.75) is 85.7 Å². The van der Waals surface area contributed by atoms with Crippen LogP contribution in [0.1, 0.15) is 79.6 Å². The van der Waals surface area contributed by atoms with Gasteiger partial charge in [-0.2, -0.15) is 0 Å². The molecule has 4 aliphatic carbocycles. The van der Waals surface area contributed by atoms with Crippen LogP contribution < -0.4 is 0 Å². The van der Waals surface area contributed by atoms with Crippen LogP contribution in [0.4, 0.5) is 0 Å². The topological polar surface area (TPSA) is 63.6 Å². The summed E-state index contributed by atoms with van der Waals surface area (Å²) in [5.74, 6) is 0.266. The molecule has 0 aromatic carbocycles. The summed E-state index contributed by atoms with van der Waals surface area (Å²) in [7, 11) is 1.36. The molecule has 4 aliphatic rings. The zero-order valence-electron chi connectivity index (χ0n) is 19.7. The van der Waals surface area contributed by atoms with Crippen LogP contribution in [0.5, 0.6) is 0 Å². The van der Waals surface area contributed by atoms with Gasteiger partial charge in [0.1, 0.15) is 6.29 Å². The van der Waals surface area contributed by atoms with Gasteiger partial charge in [0.05, 0.1) is 19.1 Å². The lowest BCUT2D eigenvalue weighted by Gasteiger charge is -2.70. The van der Waals surface area contributed by atoms with E-state index in [1.165, 1.54) is 32.8 Å². The van der Waals surface area contributed by atoms with Crippen molar-refractivity contribution < 1.29 is 19.4 Å². The Bertz CT molecular complexity index is 769. The highest BCUT2D eigenvalue weighted by atomic mass is 16.5. The first-order chi connectivity index (χ1) is 14.0. The summed E-state index contributed by atoms with van der Waals surface area (Å²) in [6.45, 7) is 11.9. The molecule has 168 valence electrons. The zero-order valence-corrected chi connectivity index (χ0v) is 19.7. The summed E-state index contributed by atoms with van der Waals surface area (Å²) < 4.78 is 4.98. The van der Waals surface area contributed by atoms with Crippen LogP contribution in [0.25, 0.3) is 0 Å². The molecule has 8 atom stereocenters. The van der Waals surface area contributed by atoms with E-state index in [1.807, 2.05) is 6.08 Å². The second-order valence-corrected chi connectivity index (χ2v) is 12.2.